The van der Waals surface area contributed by atoms with Crippen LogP contribution in [0.5, 0.6) is 0 Å². The van der Waals surface area contributed by atoms with Crippen molar-refractivity contribution >= 4 is 11.8 Å². The number of primary amides is 1. The molecule has 2 aliphatic rings. The van der Waals surface area contributed by atoms with Gasteiger partial charge in [0.15, 0.2) is 0 Å². The van der Waals surface area contributed by atoms with Crippen LogP contribution in [0.4, 0.5) is 22.0 Å². The summed E-state index contributed by atoms with van der Waals surface area (Å²) in [7, 11) is 0. The number of alkyl halides is 2. The zero-order valence-corrected chi connectivity index (χ0v) is 22.7. The molecule has 3 N–H and O–H groups in total. The highest BCUT2D eigenvalue weighted by Gasteiger charge is 2.44. The van der Waals surface area contributed by atoms with Gasteiger partial charge < -0.3 is 11.1 Å². The van der Waals surface area contributed by atoms with E-state index >= 15 is 0 Å². The average molecular weight is 596 g/mol. The van der Waals surface area contributed by atoms with E-state index < -0.39 is 41.7 Å². The Bertz CT molecular complexity index is 1720. The van der Waals surface area contributed by atoms with Crippen molar-refractivity contribution in [3.05, 3.63) is 106 Å². The number of benzene rings is 2. The van der Waals surface area contributed by atoms with Crippen LogP contribution in [0.3, 0.4) is 0 Å². The lowest BCUT2D eigenvalue weighted by Gasteiger charge is -2.22. The lowest BCUT2D eigenvalue weighted by atomic mass is 9.94. The zero-order chi connectivity index (χ0) is 30.4. The zero-order valence-electron chi connectivity index (χ0n) is 22.7. The topological polar surface area (TPSA) is 103 Å². The molecule has 6 rings (SSSR count). The van der Waals surface area contributed by atoms with Gasteiger partial charge in [0, 0.05) is 35.0 Å². The van der Waals surface area contributed by atoms with Crippen LogP contribution in [-0.4, -0.2) is 26.6 Å². The summed E-state index contributed by atoms with van der Waals surface area (Å²) < 4.78 is 71.5. The van der Waals surface area contributed by atoms with Gasteiger partial charge in [0.25, 0.3) is 12.3 Å². The molecule has 2 heterocycles. The van der Waals surface area contributed by atoms with Crippen molar-refractivity contribution < 1.29 is 31.5 Å². The van der Waals surface area contributed by atoms with E-state index in [2.05, 4.69) is 15.4 Å². The first-order valence-corrected chi connectivity index (χ1v) is 13.8. The van der Waals surface area contributed by atoms with Gasteiger partial charge in [0.1, 0.15) is 29.7 Å². The third kappa shape index (κ3) is 5.49. The molecule has 2 aromatic heterocycles. The molecule has 1 fully saturated rings. The molecule has 0 radical (unpaired) electrons. The number of amides is 2. The SMILES string of the molecule is NC(=O)c1cc(-c2cccnc2[C@H](Cc2cc(F)cc(F)c2)NC(=O)Cn2nc(C(F)F)c3c2C2CCC3C2)ccc1F. The van der Waals surface area contributed by atoms with Crippen molar-refractivity contribution in [2.75, 3.05) is 0 Å². The first-order chi connectivity index (χ1) is 20.6. The van der Waals surface area contributed by atoms with Gasteiger partial charge in [-0.15, -0.1) is 0 Å². The van der Waals surface area contributed by atoms with Crippen LogP contribution < -0.4 is 11.1 Å². The molecule has 2 aromatic carbocycles. The molecule has 3 atom stereocenters. The van der Waals surface area contributed by atoms with E-state index in [1.54, 1.807) is 12.1 Å². The van der Waals surface area contributed by atoms with Crippen LogP contribution in [-0.2, 0) is 17.8 Å². The number of nitrogens with one attached hydrogen (secondary N) is 1. The third-order valence-corrected chi connectivity index (χ3v) is 8.19. The first kappa shape index (κ1) is 28.5. The summed E-state index contributed by atoms with van der Waals surface area (Å²) in [4.78, 5) is 29.7. The number of aromatic nitrogens is 3. The van der Waals surface area contributed by atoms with Crippen molar-refractivity contribution in [2.24, 2.45) is 5.73 Å². The number of nitrogens with zero attached hydrogens (tertiary/aromatic N) is 3. The van der Waals surface area contributed by atoms with Crippen LogP contribution in [0, 0.1) is 17.5 Å². The van der Waals surface area contributed by atoms with E-state index in [0.29, 0.717) is 22.4 Å². The number of hydrogen-bond acceptors (Lipinski definition) is 4. The number of carbonyl (C=O) groups excluding carboxylic acids is 2. The molecule has 12 heteroatoms. The van der Waals surface area contributed by atoms with Gasteiger partial charge in [-0.1, -0.05) is 12.1 Å². The molecule has 1 saturated carbocycles. The van der Waals surface area contributed by atoms with Crippen molar-refractivity contribution in [3.63, 3.8) is 0 Å². The molecular weight excluding hydrogens is 569 g/mol. The molecule has 2 amide bonds. The minimum atomic E-state index is -2.77. The highest BCUT2D eigenvalue weighted by molar-refractivity contribution is 5.94. The van der Waals surface area contributed by atoms with Gasteiger partial charge >= 0.3 is 0 Å². The largest absolute Gasteiger partial charge is 0.366 e. The number of nitrogens with two attached hydrogens (primary N) is 1. The molecule has 2 unspecified atom stereocenters. The van der Waals surface area contributed by atoms with Crippen LogP contribution in [0.25, 0.3) is 11.1 Å². The number of fused-ring (bicyclic) bond motifs is 5. The minimum Gasteiger partial charge on any atom is -0.366 e. The predicted octanol–water partition coefficient (Wildman–Crippen LogP) is 5.86. The Morgan fingerprint density at radius 2 is 1.74 bits per heavy atom. The Morgan fingerprint density at radius 3 is 2.47 bits per heavy atom. The number of hydrogen-bond donors (Lipinski definition) is 2. The summed E-state index contributed by atoms with van der Waals surface area (Å²) >= 11 is 0. The van der Waals surface area contributed by atoms with Gasteiger partial charge in [-0.25, -0.2) is 22.0 Å². The normalized spacial score (nSPS) is 17.7. The second-order valence-electron chi connectivity index (χ2n) is 10.9. The molecule has 4 aromatic rings. The summed E-state index contributed by atoms with van der Waals surface area (Å²) in [6, 6.07) is 8.98. The summed E-state index contributed by atoms with van der Waals surface area (Å²) in [5.74, 6) is -3.93. The van der Waals surface area contributed by atoms with Crippen molar-refractivity contribution in [1.82, 2.24) is 20.1 Å². The predicted molar refractivity (Wildman–Crippen MR) is 146 cm³/mol. The van der Waals surface area contributed by atoms with Crippen molar-refractivity contribution in [1.29, 1.82) is 0 Å². The molecule has 2 bridgehead atoms. The van der Waals surface area contributed by atoms with Gasteiger partial charge in [0.05, 0.1) is 17.3 Å². The molecule has 2 aliphatic carbocycles. The summed E-state index contributed by atoms with van der Waals surface area (Å²) in [6.07, 6.45) is 0.983. The molecule has 7 nitrogen and oxygen atoms in total. The summed E-state index contributed by atoms with van der Waals surface area (Å²) in [5.41, 5.74) is 7.14. The van der Waals surface area contributed by atoms with E-state index in [1.165, 1.54) is 23.0 Å². The highest BCUT2D eigenvalue weighted by Crippen LogP contribution is 2.55. The van der Waals surface area contributed by atoms with E-state index in [4.69, 9.17) is 5.73 Å². The Hall–Kier alpha value is -4.61. The van der Waals surface area contributed by atoms with Crippen molar-refractivity contribution in [2.45, 2.75) is 56.5 Å². The van der Waals surface area contributed by atoms with Crippen LogP contribution in [0.1, 0.15) is 82.1 Å². The standard InChI is InChI=1S/C31H26F5N5O2/c32-19-8-15(9-20(33)13-19)10-24(27-21(2-1-7-38-27)16-5-6-23(34)22(12-16)31(37)43)39-25(42)14-41-29-18-4-3-17(11-18)26(29)28(40-41)30(35)36/h1-2,5-9,12-13,17-18,24,30H,3-4,10-11,14H2,(H2,37,43)(H,39,42)/t17?,18?,24-/m0/s1. The van der Waals surface area contributed by atoms with E-state index in [-0.39, 0.29) is 47.3 Å². The van der Waals surface area contributed by atoms with Crippen LogP contribution >= 0.6 is 0 Å². The third-order valence-electron chi connectivity index (χ3n) is 8.19. The van der Waals surface area contributed by atoms with Crippen LogP contribution in [0.15, 0.2) is 54.7 Å². The number of rotatable bonds is 9. The summed E-state index contributed by atoms with van der Waals surface area (Å²) in [6.45, 7) is -0.350. The Labute approximate surface area is 242 Å². The molecule has 0 saturated heterocycles. The molecular formula is C31H26F5N5O2. The second kappa shape index (κ2) is 11.2. The number of halogens is 5. The number of pyridine rings is 1. The first-order valence-electron chi connectivity index (χ1n) is 13.8. The van der Waals surface area contributed by atoms with Gasteiger partial charge in [-0.2, -0.15) is 5.10 Å². The fourth-order valence-corrected chi connectivity index (χ4v) is 6.51. The maximum Gasteiger partial charge on any atom is 0.282 e. The highest BCUT2D eigenvalue weighted by atomic mass is 19.3. The van der Waals surface area contributed by atoms with Crippen LogP contribution in [0.2, 0.25) is 0 Å². The molecule has 0 spiro atoms. The van der Waals surface area contributed by atoms with Gasteiger partial charge in [-0.3, -0.25) is 19.3 Å². The molecule has 43 heavy (non-hydrogen) atoms. The fraction of sp³-hybridized carbons (Fsp3) is 0.290. The van der Waals surface area contributed by atoms with Gasteiger partial charge in [0.2, 0.25) is 5.91 Å². The van der Waals surface area contributed by atoms with E-state index in [1.807, 2.05) is 0 Å². The number of carbonyl (C=O) groups is 2. The lowest BCUT2D eigenvalue weighted by Crippen LogP contribution is -2.34. The second-order valence-corrected chi connectivity index (χ2v) is 10.9. The minimum absolute atomic E-state index is 0.00788. The maximum absolute atomic E-state index is 14.2. The monoisotopic (exact) mass is 595 g/mol. The van der Waals surface area contributed by atoms with Gasteiger partial charge in [-0.05, 0) is 73.1 Å². The maximum atomic E-state index is 14.2. The van der Waals surface area contributed by atoms with E-state index in [9.17, 15) is 31.5 Å². The van der Waals surface area contributed by atoms with Crippen molar-refractivity contribution in [3.8, 4) is 11.1 Å². The molecule has 0 aliphatic heterocycles. The lowest BCUT2D eigenvalue weighted by molar-refractivity contribution is -0.122. The molecule has 222 valence electrons. The summed E-state index contributed by atoms with van der Waals surface area (Å²) in [5, 5.41) is 6.95. The fourth-order valence-electron chi connectivity index (χ4n) is 6.51. The Morgan fingerprint density at radius 1 is 1.00 bits per heavy atom. The quantitative estimate of drug-likeness (QED) is 0.237. The average Bonchev–Trinajstić information content (AvgIpc) is 3.66. The Balaban J connectivity index is 1.36. The Kier molecular flexibility index (Phi) is 7.45. The smallest absolute Gasteiger partial charge is 0.282 e. The van der Waals surface area contributed by atoms with E-state index in [0.717, 1.165) is 43.5 Å².